The van der Waals surface area contributed by atoms with Crippen LogP contribution in [0.1, 0.15) is 17.7 Å². The number of para-hydroxylation sites is 1. The molecule has 4 nitrogen and oxygen atoms in total. The van der Waals surface area contributed by atoms with Crippen molar-refractivity contribution in [1.29, 1.82) is 0 Å². The van der Waals surface area contributed by atoms with Crippen LogP contribution in [0.3, 0.4) is 0 Å². The van der Waals surface area contributed by atoms with Gasteiger partial charge in [-0.05, 0) is 31.5 Å². The summed E-state index contributed by atoms with van der Waals surface area (Å²) in [7, 11) is 1.91. The summed E-state index contributed by atoms with van der Waals surface area (Å²) in [6.07, 6.45) is 4.00. The van der Waals surface area contributed by atoms with E-state index >= 15 is 0 Å². The predicted molar refractivity (Wildman–Crippen MR) is 71.0 cm³/mol. The summed E-state index contributed by atoms with van der Waals surface area (Å²) in [5.74, 6) is 0. The number of anilines is 2. The van der Waals surface area contributed by atoms with E-state index in [1.54, 1.807) is 6.26 Å². The monoisotopic (exact) mass is 243 g/mol. The van der Waals surface area contributed by atoms with Gasteiger partial charge in [-0.15, -0.1) is 0 Å². The molecule has 1 aliphatic heterocycles. The minimum absolute atomic E-state index is 0.701. The van der Waals surface area contributed by atoms with Gasteiger partial charge in [0.25, 0.3) is 0 Å². The van der Waals surface area contributed by atoms with Gasteiger partial charge < -0.3 is 9.73 Å². The number of hydrogen-bond acceptors (Lipinski definition) is 4. The van der Waals surface area contributed by atoms with E-state index in [0.717, 1.165) is 31.6 Å². The third kappa shape index (κ3) is 1.99. The quantitative estimate of drug-likeness (QED) is 0.899. The molecule has 3 rings (SSSR count). The fraction of sp³-hybridized carbons (Fsp3) is 0.357. The summed E-state index contributed by atoms with van der Waals surface area (Å²) in [5, 5.41) is 3.08. The molecule has 2 heterocycles. The van der Waals surface area contributed by atoms with Crippen LogP contribution in [-0.2, 0) is 13.0 Å². The number of hydrogen-bond donors (Lipinski definition) is 1. The van der Waals surface area contributed by atoms with Crippen molar-refractivity contribution in [2.45, 2.75) is 19.4 Å². The molecule has 0 aliphatic carbocycles. The summed E-state index contributed by atoms with van der Waals surface area (Å²) < 4.78 is 5.59. The molecule has 2 aromatic rings. The summed E-state index contributed by atoms with van der Waals surface area (Å²) >= 11 is 0. The molecule has 1 aromatic carbocycles. The van der Waals surface area contributed by atoms with Gasteiger partial charge in [0.05, 0.1) is 5.69 Å². The number of oxazole rings is 1. The molecule has 0 atom stereocenters. The smallest absolute Gasteiger partial charge is 0.302 e. The molecule has 0 radical (unpaired) electrons. The van der Waals surface area contributed by atoms with Gasteiger partial charge in [-0.1, -0.05) is 18.2 Å². The maximum atomic E-state index is 5.59. The highest BCUT2D eigenvalue weighted by Gasteiger charge is 2.21. The first-order valence-electron chi connectivity index (χ1n) is 6.33. The Bertz CT molecular complexity index is 535. The van der Waals surface area contributed by atoms with Gasteiger partial charge in [-0.3, -0.25) is 4.90 Å². The molecular weight excluding hydrogens is 226 g/mol. The lowest BCUT2D eigenvalue weighted by molar-refractivity contribution is 0.543. The van der Waals surface area contributed by atoms with Gasteiger partial charge in [-0.25, -0.2) is 0 Å². The molecular formula is C14H17N3O. The minimum atomic E-state index is 0.701. The summed E-state index contributed by atoms with van der Waals surface area (Å²) in [5.41, 5.74) is 3.54. The van der Waals surface area contributed by atoms with E-state index < -0.39 is 0 Å². The van der Waals surface area contributed by atoms with Crippen molar-refractivity contribution >= 4 is 11.7 Å². The van der Waals surface area contributed by atoms with Crippen LogP contribution in [0.15, 0.2) is 34.9 Å². The molecule has 0 saturated heterocycles. The molecule has 1 aliphatic rings. The highest BCUT2D eigenvalue weighted by molar-refractivity contribution is 5.62. The van der Waals surface area contributed by atoms with E-state index in [-0.39, 0.29) is 0 Å². The Labute approximate surface area is 107 Å². The second-order valence-electron chi connectivity index (χ2n) is 4.54. The number of fused-ring (bicyclic) bond motifs is 1. The number of benzene rings is 1. The SMILES string of the molecule is CNCc1coc(N2CCCc3ccccc32)n1. The molecule has 0 bridgehead atoms. The van der Waals surface area contributed by atoms with E-state index in [4.69, 9.17) is 4.42 Å². The maximum absolute atomic E-state index is 5.59. The molecule has 0 unspecified atom stereocenters. The number of nitrogens with one attached hydrogen (secondary N) is 1. The fourth-order valence-electron chi connectivity index (χ4n) is 2.41. The normalized spacial score (nSPS) is 14.6. The molecule has 0 fully saturated rings. The molecule has 0 amide bonds. The second-order valence-corrected chi connectivity index (χ2v) is 4.54. The van der Waals surface area contributed by atoms with Crippen molar-refractivity contribution in [2.24, 2.45) is 0 Å². The first kappa shape index (κ1) is 11.3. The predicted octanol–water partition coefficient (Wildman–Crippen LogP) is 2.48. The van der Waals surface area contributed by atoms with Crippen molar-refractivity contribution in [3.63, 3.8) is 0 Å². The van der Waals surface area contributed by atoms with E-state index in [2.05, 4.69) is 39.5 Å². The van der Waals surface area contributed by atoms with Crippen LogP contribution in [0.2, 0.25) is 0 Å². The van der Waals surface area contributed by atoms with Crippen LogP contribution in [-0.4, -0.2) is 18.6 Å². The van der Waals surface area contributed by atoms with Crippen LogP contribution in [0.25, 0.3) is 0 Å². The zero-order valence-corrected chi connectivity index (χ0v) is 10.5. The average molecular weight is 243 g/mol. The van der Waals surface area contributed by atoms with Crippen LogP contribution < -0.4 is 10.2 Å². The van der Waals surface area contributed by atoms with Gasteiger partial charge >= 0.3 is 6.01 Å². The second kappa shape index (κ2) is 4.82. The lowest BCUT2D eigenvalue weighted by atomic mass is 10.0. The van der Waals surface area contributed by atoms with E-state index in [1.165, 1.54) is 11.3 Å². The first-order valence-corrected chi connectivity index (χ1v) is 6.33. The molecule has 0 saturated carbocycles. The third-order valence-corrected chi connectivity index (χ3v) is 3.24. The Morgan fingerprint density at radius 3 is 3.17 bits per heavy atom. The Morgan fingerprint density at radius 1 is 1.39 bits per heavy atom. The summed E-state index contributed by atoms with van der Waals surface area (Å²) in [4.78, 5) is 6.68. The van der Waals surface area contributed by atoms with Crippen molar-refractivity contribution in [3.8, 4) is 0 Å². The fourth-order valence-corrected chi connectivity index (χ4v) is 2.41. The summed E-state index contributed by atoms with van der Waals surface area (Å²) in [6.45, 7) is 1.70. The maximum Gasteiger partial charge on any atom is 0.302 e. The van der Waals surface area contributed by atoms with Gasteiger partial charge in [0, 0.05) is 18.8 Å². The molecule has 0 spiro atoms. The number of nitrogens with zero attached hydrogens (tertiary/aromatic N) is 2. The Kier molecular flexibility index (Phi) is 3.02. The topological polar surface area (TPSA) is 41.3 Å². The van der Waals surface area contributed by atoms with Crippen LogP contribution in [0, 0.1) is 0 Å². The Balaban J connectivity index is 1.92. The number of aryl methyl sites for hydroxylation is 1. The van der Waals surface area contributed by atoms with Crippen molar-refractivity contribution in [1.82, 2.24) is 10.3 Å². The Morgan fingerprint density at radius 2 is 2.28 bits per heavy atom. The van der Waals surface area contributed by atoms with E-state index in [9.17, 15) is 0 Å². The Hall–Kier alpha value is -1.81. The average Bonchev–Trinajstić information content (AvgIpc) is 2.87. The lowest BCUT2D eigenvalue weighted by Gasteiger charge is -2.27. The first-order chi connectivity index (χ1) is 8.88. The molecule has 1 aromatic heterocycles. The molecule has 94 valence electrons. The molecule has 4 heteroatoms. The highest BCUT2D eigenvalue weighted by atomic mass is 16.4. The van der Waals surface area contributed by atoms with Gasteiger partial charge in [0.1, 0.15) is 6.26 Å². The third-order valence-electron chi connectivity index (χ3n) is 3.24. The number of aromatic nitrogens is 1. The van der Waals surface area contributed by atoms with Gasteiger partial charge in [-0.2, -0.15) is 4.98 Å². The highest BCUT2D eigenvalue weighted by Crippen LogP contribution is 2.32. The van der Waals surface area contributed by atoms with Crippen LogP contribution >= 0.6 is 0 Å². The molecule has 1 N–H and O–H groups in total. The van der Waals surface area contributed by atoms with Gasteiger partial charge in [0.2, 0.25) is 0 Å². The van der Waals surface area contributed by atoms with Crippen LogP contribution in [0.5, 0.6) is 0 Å². The van der Waals surface area contributed by atoms with Crippen molar-refractivity contribution < 1.29 is 4.42 Å². The van der Waals surface area contributed by atoms with E-state index in [0.29, 0.717) is 6.01 Å². The van der Waals surface area contributed by atoms with Gasteiger partial charge in [0.15, 0.2) is 0 Å². The zero-order chi connectivity index (χ0) is 12.4. The minimum Gasteiger partial charge on any atom is -0.431 e. The lowest BCUT2D eigenvalue weighted by Crippen LogP contribution is -2.24. The largest absolute Gasteiger partial charge is 0.431 e. The standard InChI is InChI=1S/C14H17N3O/c1-15-9-12-10-18-14(16-12)17-8-4-6-11-5-2-3-7-13(11)17/h2-3,5,7,10,15H,4,6,8-9H2,1H3. The van der Waals surface area contributed by atoms with Crippen molar-refractivity contribution in [2.75, 3.05) is 18.5 Å². The zero-order valence-electron chi connectivity index (χ0n) is 10.5. The van der Waals surface area contributed by atoms with E-state index in [1.807, 2.05) is 7.05 Å². The summed E-state index contributed by atoms with van der Waals surface area (Å²) in [6, 6.07) is 9.17. The van der Waals surface area contributed by atoms with Crippen molar-refractivity contribution in [3.05, 3.63) is 41.8 Å². The van der Waals surface area contributed by atoms with Crippen LogP contribution in [0.4, 0.5) is 11.7 Å². The number of rotatable bonds is 3. The molecule has 18 heavy (non-hydrogen) atoms.